The van der Waals surface area contributed by atoms with E-state index in [0.29, 0.717) is 0 Å². The van der Waals surface area contributed by atoms with E-state index >= 15 is 0 Å². The molecule has 8 N–H and O–H groups in total. The third-order valence-electron chi connectivity index (χ3n) is 6.03. The number of phosphoric ester groups is 1. The van der Waals surface area contributed by atoms with E-state index in [4.69, 9.17) is 20.1 Å². The summed E-state index contributed by atoms with van der Waals surface area (Å²) >= 11 is 0. The predicted molar refractivity (Wildman–Crippen MR) is 162 cm³/mol. The van der Waals surface area contributed by atoms with Crippen molar-refractivity contribution in [3.63, 3.8) is 0 Å². The number of hydrogen-bond acceptors (Lipinski definition) is 15. The van der Waals surface area contributed by atoms with Gasteiger partial charge in [0.25, 0.3) is 17.2 Å². The average Bonchev–Trinajstić information content (AvgIpc) is 3.36. The quantitative estimate of drug-likeness (QED) is 0.0277. The van der Waals surface area contributed by atoms with Gasteiger partial charge in [-0.15, -0.1) is 0 Å². The van der Waals surface area contributed by atoms with E-state index in [0.717, 1.165) is 29.0 Å². The van der Waals surface area contributed by atoms with E-state index in [2.05, 4.69) is 33.8 Å². The molecule has 1 fully saturated rings. The van der Waals surface area contributed by atoms with Crippen LogP contribution in [0.15, 0.2) is 45.2 Å². The first-order valence-corrected chi connectivity index (χ1v) is 17.7. The smallest absolute Gasteiger partial charge is 0.390 e. The summed E-state index contributed by atoms with van der Waals surface area (Å²) in [5.41, 5.74) is 5.34. The second-order valence-corrected chi connectivity index (χ2v) is 14.0. The molecule has 26 nitrogen and oxygen atoms in total. The Kier molecular flexibility index (Phi) is 13.3. The number of carbonyl (C=O) groups excluding carboxylic acids is 2. The van der Waals surface area contributed by atoms with Crippen LogP contribution in [0.3, 0.4) is 0 Å². The van der Waals surface area contributed by atoms with Crippen LogP contribution in [0.25, 0.3) is 16.5 Å². The number of nitro benzene ring substituents is 1. The molecule has 272 valence electrons. The Bertz CT molecular complexity index is 1990. The van der Waals surface area contributed by atoms with E-state index in [1.807, 2.05) is 4.98 Å². The van der Waals surface area contributed by atoms with Crippen molar-refractivity contribution >= 4 is 52.7 Å². The SMILES string of the molecule is [N-]=[N+]=Nc1ccc([N+](=O)[O-])c(C(=O)NCC(=O)NC/C=C/c2cn([C@H]3C[C@H](O)[C@@H](COP(=O)(O)OP(=O)(O)OP(=O)(O)O)O3)c(=O)[nH]c2=O)c1. The lowest BCUT2D eigenvalue weighted by atomic mass is 10.1. The minimum atomic E-state index is -5.80. The van der Waals surface area contributed by atoms with Gasteiger partial charge in [0.05, 0.1) is 29.7 Å². The number of rotatable bonds is 16. The van der Waals surface area contributed by atoms with Gasteiger partial charge in [-0.2, -0.15) is 8.62 Å². The first-order chi connectivity index (χ1) is 23.2. The van der Waals surface area contributed by atoms with Gasteiger partial charge in [0.2, 0.25) is 5.91 Å². The Labute approximate surface area is 276 Å². The summed E-state index contributed by atoms with van der Waals surface area (Å²) in [7, 11) is -17.0. The zero-order valence-electron chi connectivity index (χ0n) is 24.6. The number of nitro groups is 1. The van der Waals surface area contributed by atoms with Gasteiger partial charge in [-0.3, -0.25) is 38.6 Å². The molecule has 1 saturated heterocycles. The fourth-order valence-corrected chi connectivity index (χ4v) is 7.03. The second-order valence-electron chi connectivity index (χ2n) is 9.61. The van der Waals surface area contributed by atoms with Crippen LogP contribution in [0, 0.1) is 10.1 Å². The van der Waals surface area contributed by atoms with Crippen molar-refractivity contribution in [3.05, 3.63) is 83.0 Å². The number of nitrogens with zero attached hydrogens (tertiary/aromatic N) is 5. The molecule has 1 aliphatic rings. The van der Waals surface area contributed by atoms with Crippen LogP contribution in [-0.4, -0.2) is 82.9 Å². The van der Waals surface area contributed by atoms with E-state index in [9.17, 15) is 57.9 Å². The predicted octanol–water partition coefficient (Wildman–Crippen LogP) is -0.0623. The maximum absolute atomic E-state index is 12.4. The lowest BCUT2D eigenvalue weighted by Gasteiger charge is -2.19. The number of carbonyl (C=O) groups is 2. The number of aromatic amines is 1. The minimum absolute atomic E-state index is 0.0828. The van der Waals surface area contributed by atoms with Gasteiger partial charge in [-0.05, 0) is 17.7 Å². The normalized spacial score (nSPS) is 20.0. The highest BCUT2D eigenvalue weighted by Gasteiger charge is 2.43. The van der Waals surface area contributed by atoms with Crippen molar-refractivity contribution in [1.82, 2.24) is 20.2 Å². The molecule has 0 spiro atoms. The molecule has 5 atom stereocenters. The molecule has 0 saturated carbocycles. The third kappa shape index (κ3) is 11.9. The summed E-state index contributed by atoms with van der Waals surface area (Å²) in [6, 6.07) is 3.04. The lowest BCUT2D eigenvalue weighted by Crippen LogP contribution is -2.37. The number of nitrogens with one attached hydrogen (secondary N) is 3. The summed E-state index contributed by atoms with van der Waals surface area (Å²) in [4.78, 5) is 100. The van der Waals surface area contributed by atoms with Crippen LogP contribution >= 0.6 is 23.5 Å². The molecule has 2 heterocycles. The summed E-state index contributed by atoms with van der Waals surface area (Å²) in [5.74, 6) is -1.77. The number of azide groups is 1. The van der Waals surface area contributed by atoms with Crippen molar-refractivity contribution in [1.29, 1.82) is 0 Å². The van der Waals surface area contributed by atoms with Gasteiger partial charge < -0.3 is 40.1 Å². The molecule has 0 radical (unpaired) electrons. The number of H-pyrrole nitrogens is 1. The highest BCUT2D eigenvalue weighted by molar-refractivity contribution is 7.66. The van der Waals surface area contributed by atoms with E-state index in [-0.39, 0.29) is 24.2 Å². The van der Waals surface area contributed by atoms with Crippen LogP contribution in [0.5, 0.6) is 0 Å². The molecular formula is C21H25N8O18P3. The van der Waals surface area contributed by atoms with E-state index < -0.39 is 94.3 Å². The number of aliphatic hydroxyl groups is 1. The summed E-state index contributed by atoms with van der Waals surface area (Å²) < 4.78 is 52.0. The number of ether oxygens (including phenoxy) is 1. The molecule has 2 aromatic rings. The fraction of sp³-hybridized carbons (Fsp3) is 0.333. The van der Waals surface area contributed by atoms with Crippen LogP contribution in [0.4, 0.5) is 11.4 Å². The molecule has 1 aromatic carbocycles. The van der Waals surface area contributed by atoms with Gasteiger partial charge in [-0.1, -0.05) is 17.3 Å². The standard InChI is InChI=1S/C21H25N8O18P3/c22-27-26-12-3-4-14(29(35)36)13(6-12)20(33)24-8-17(31)23-5-1-2-11-9-28(21(34)25-19(11)32)18-7-15(30)16(45-18)10-44-49(40,41)47-50(42,43)46-48(37,38)39/h1-4,6,9,15-16,18,30H,5,7-8,10H2,(H,23,31)(H,24,33)(H,40,41)(H,42,43)(H,25,32,34)(H2,37,38,39)/b2-1+/t15-,16+,18+/m0/s1. The van der Waals surface area contributed by atoms with Crippen molar-refractivity contribution in [3.8, 4) is 0 Å². The van der Waals surface area contributed by atoms with Gasteiger partial charge in [0.1, 0.15) is 17.9 Å². The molecule has 29 heteroatoms. The molecule has 0 bridgehead atoms. The Morgan fingerprint density at radius 1 is 1.18 bits per heavy atom. The molecule has 3 rings (SSSR count). The van der Waals surface area contributed by atoms with Gasteiger partial charge >= 0.3 is 29.2 Å². The molecule has 2 amide bonds. The van der Waals surface area contributed by atoms with Crippen molar-refractivity contribution in [2.45, 2.75) is 24.9 Å². The number of phosphoric acid groups is 3. The van der Waals surface area contributed by atoms with Crippen LogP contribution in [0.1, 0.15) is 28.6 Å². The molecule has 50 heavy (non-hydrogen) atoms. The van der Waals surface area contributed by atoms with E-state index in [1.54, 1.807) is 0 Å². The van der Waals surface area contributed by atoms with Crippen molar-refractivity contribution < 1.29 is 70.8 Å². The number of amides is 2. The first kappa shape index (κ1) is 40.1. The number of aliphatic hydroxyl groups excluding tert-OH is 1. The molecule has 0 aliphatic carbocycles. The fourth-order valence-electron chi connectivity index (χ4n) is 4.00. The maximum Gasteiger partial charge on any atom is 0.490 e. The van der Waals surface area contributed by atoms with Crippen molar-refractivity contribution in [2.24, 2.45) is 5.11 Å². The minimum Gasteiger partial charge on any atom is -0.390 e. The lowest BCUT2D eigenvalue weighted by molar-refractivity contribution is -0.385. The zero-order valence-corrected chi connectivity index (χ0v) is 27.3. The van der Waals surface area contributed by atoms with Gasteiger partial charge in [0, 0.05) is 35.8 Å². The Morgan fingerprint density at radius 2 is 1.88 bits per heavy atom. The summed E-state index contributed by atoms with van der Waals surface area (Å²) in [6.07, 6.45) is -1.15. The van der Waals surface area contributed by atoms with Gasteiger partial charge in [-0.25, -0.2) is 18.5 Å². The summed E-state index contributed by atoms with van der Waals surface area (Å²) in [5, 5.41) is 29.3. The monoisotopic (exact) mass is 770 g/mol. The Hall–Kier alpha value is -4.38. The molecule has 2 unspecified atom stereocenters. The molecule has 1 aromatic heterocycles. The third-order valence-corrected chi connectivity index (χ3v) is 9.84. The van der Waals surface area contributed by atoms with Crippen LogP contribution in [0.2, 0.25) is 0 Å². The first-order valence-electron chi connectivity index (χ1n) is 13.2. The highest BCUT2D eigenvalue weighted by atomic mass is 31.3. The van der Waals surface area contributed by atoms with Crippen LogP contribution in [-0.2, 0) is 36.4 Å². The second kappa shape index (κ2) is 16.6. The zero-order chi connectivity index (χ0) is 37.4. The van der Waals surface area contributed by atoms with Gasteiger partial charge in [0.15, 0.2) is 0 Å². The van der Waals surface area contributed by atoms with Crippen LogP contribution < -0.4 is 21.9 Å². The molecule has 1 aliphatic heterocycles. The highest BCUT2D eigenvalue weighted by Crippen LogP contribution is 2.66. The number of aromatic nitrogens is 2. The Morgan fingerprint density at radius 3 is 2.52 bits per heavy atom. The summed E-state index contributed by atoms with van der Waals surface area (Å²) in [6.45, 7) is -1.86. The maximum atomic E-state index is 12.4. The van der Waals surface area contributed by atoms with Crippen molar-refractivity contribution in [2.75, 3.05) is 19.7 Å². The Balaban J connectivity index is 1.58. The largest absolute Gasteiger partial charge is 0.490 e. The molecular weight excluding hydrogens is 745 g/mol. The average molecular weight is 770 g/mol. The van der Waals surface area contributed by atoms with E-state index in [1.165, 1.54) is 12.2 Å². The topological polar surface area (TPSA) is 394 Å². The number of benzene rings is 1. The number of hydrogen-bond donors (Lipinski definition) is 8.